The molecule has 0 saturated heterocycles. The highest BCUT2D eigenvalue weighted by Crippen LogP contribution is 2.03. The van der Waals surface area contributed by atoms with Crippen molar-refractivity contribution in [3.63, 3.8) is 0 Å². The van der Waals surface area contributed by atoms with Gasteiger partial charge in [-0.3, -0.25) is 4.79 Å². The number of carbonyl (C=O) groups is 1. The highest BCUT2D eigenvalue weighted by Gasteiger charge is 2.01. The lowest BCUT2D eigenvalue weighted by molar-refractivity contribution is -0.140. The first-order valence-corrected chi connectivity index (χ1v) is 3.85. The molecule has 1 atom stereocenters. The van der Waals surface area contributed by atoms with Gasteiger partial charge in [0.15, 0.2) is 0 Å². The van der Waals surface area contributed by atoms with Crippen LogP contribution in [0.1, 0.15) is 20.3 Å². The smallest absolute Gasteiger partial charge is 0.302 e. The molecule has 0 amide bonds. The summed E-state index contributed by atoms with van der Waals surface area (Å²) in [5.74, 6) is -0.215. The lowest BCUT2D eigenvalue weighted by Gasteiger charge is -2.04. The predicted molar refractivity (Wildman–Crippen MR) is 39.6 cm³/mol. The number of rotatable bonds is 3. The molecule has 0 aromatic carbocycles. The second kappa shape index (κ2) is 4.79. The maximum absolute atomic E-state index is 10.2. The lowest BCUT2D eigenvalue weighted by Crippen LogP contribution is -2.09. The first kappa shape index (κ1) is 8.95. The molecule has 3 heteroatoms. The van der Waals surface area contributed by atoms with Gasteiger partial charge in [-0.05, 0) is 6.42 Å². The Morgan fingerprint density at radius 1 is 1.78 bits per heavy atom. The summed E-state index contributed by atoms with van der Waals surface area (Å²) in [5, 5.41) is 0. The molecule has 0 bridgehead atoms. The van der Waals surface area contributed by atoms with Crippen molar-refractivity contribution in [1.82, 2.24) is 0 Å². The number of ether oxygens (including phenoxy) is 1. The van der Waals surface area contributed by atoms with Gasteiger partial charge in [0.1, 0.15) is 6.61 Å². The van der Waals surface area contributed by atoms with E-state index in [1.54, 1.807) is 0 Å². The van der Waals surface area contributed by atoms with E-state index in [9.17, 15) is 4.79 Å². The molecule has 0 aromatic rings. The van der Waals surface area contributed by atoms with E-state index in [1.165, 1.54) is 6.92 Å². The summed E-state index contributed by atoms with van der Waals surface area (Å²) < 4.78 is 4.71. The quantitative estimate of drug-likeness (QED) is 0.506. The Hall–Kier alpha value is -0.0500. The Morgan fingerprint density at radius 2 is 2.33 bits per heavy atom. The zero-order valence-corrected chi connectivity index (χ0v) is 7.27. The van der Waals surface area contributed by atoms with Gasteiger partial charge >= 0.3 is 5.97 Å². The monoisotopic (exact) mass is 194 g/mol. The van der Waals surface area contributed by atoms with Gasteiger partial charge in [-0.15, -0.1) is 0 Å². The van der Waals surface area contributed by atoms with Crippen molar-refractivity contribution in [2.75, 3.05) is 6.61 Å². The van der Waals surface area contributed by atoms with Gasteiger partial charge in [0.2, 0.25) is 0 Å². The predicted octanol–water partition coefficient (Wildman–Crippen LogP) is 1.72. The Morgan fingerprint density at radius 3 is 2.67 bits per heavy atom. The molecule has 0 fully saturated rings. The number of alkyl halides is 1. The van der Waals surface area contributed by atoms with E-state index in [0.29, 0.717) is 11.4 Å². The molecule has 0 heterocycles. The van der Waals surface area contributed by atoms with Crippen molar-refractivity contribution in [2.45, 2.75) is 25.1 Å². The average Bonchev–Trinajstić information content (AvgIpc) is 1.83. The van der Waals surface area contributed by atoms with E-state index >= 15 is 0 Å². The highest BCUT2D eigenvalue weighted by atomic mass is 79.9. The zero-order valence-electron chi connectivity index (χ0n) is 5.69. The summed E-state index contributed by atoms with van der Waals surface area (Å²) in [7, 11) is 0. The molecule has 1 unspecified atom stereocenters. The van der Waals surface area contributed by atoms with Crippen molar-refractivity contribution in [3.8, 4) is 0 Å². The SMILES string of the molecule is CCC(Br)COC(C)=O. The van der Waals surface area contributed by atoms with Gasteiger partial charge in [-0.25, -0.2) is 0 Å². The van der Waals surface area contributed by atoms with Crippen molar-refractivity contribution in [3.05, 3.63) is 0 Å². The summed E-state index contributed by atoms with van der Waals surface area (Å²) >= 11 is 3.33. The first-order valence-electron chi connectivity index (χ1n) is 2.94. The van der Waals surface area contributed by atoms with Crippen LogP contribution < -0.4 is 0 Å². The van der Waals surface area contributed by atoms with Crippen molar-refractivity contribution < 1.29 is 9.53 Å². The number of halogens is 1. The van der Waals surface area contributed by atoms with Gasteiger partial charge in [0.05, 0.1) is 0 Å². The maximum Gasteiger partial charge on any atom is 0.302 e. The zero-order chi connectivity index (χ0) is 7.28. The number of hydrogen-bond acceptors (Lipinski definition) is 2. The molecule has 0 aliphatic rings. The molecule has 0 spiro atoms. The third-order valence-electron chi connectivity index (χ3n) is 0.910. The van der Waals surface area contributed by atoms with Crippen LogP contribution in [0.5, 0.6) is 0 Å². The van der Waals surface area contributed by atoms with E-state index < -0.39 is 0 Å². The number of hydrogen-bond donors (Lipinski definition) is 0. The highest BCUT2D eigenvalue weighted by molar-refractivity contribution is 9.09. The lowest BCUT2D eigenvalue weighted by atomic mass is 10.4. The molecule has 2 nitrogen and oxygen atoms in total. The van der Waals surface area contributed by atoms with Crippen LogP contribution in [0.2, 0.25) is 0 Å². The molecule has 9 heavy (non-hydrogen) atoms. The van der Waals surface area contributed by atoms with Crippen LogP contribution in [0.3, 0.4) is 0 Å². The molecule has 0 N–H and O–H groups in total. The van der Waals surface area contributed by atoms with Crippen molar-refractivity contribution in [1.29, 1.82) is 0 Å². The number of carbonyl (C=O) groups excluding carboxylic acids is 1. The molecule has 0 aliphatic heterocycles. The van der Waals surface area contributed by atoms with Crippen molar-refractivity contribution in [2.24, 2.45) is 0 Å². The normalized spacial score (nSPS) is 12.8. The van der Waals surface area contributed by atoms with E-state index in [0.717, 1.165) is 6.42 Å². The summed E-state index contributed by atoms with van der Waals surface area (Å²) in [6, 6.07) is 0. The maximum atomic E-state index is 10.2. The third kappa shape index (κ3) is 5.83. The van der Waals surface area contributed by atoms with Crippen LogP contribution in [0.15, 0.2) is 0 Å². The minimum Gasteiger partial charge on any atom is -0.465 e. The molecule has 54 valence electrons. The van der Waals surface area contributed by atoms with Crippen LogP contribution >= 0.6 is 15.9 Å². The number of esters is 1. The van der Waals surface area contributed by atoms with E-state index in [4.69, 9.17) is 4.74 Å². The molecule has 0 radical (unpaired) electrons. The Balaban J connectivity index is 3.16. The molecular weight excluding hydrogens is 184 g/mol. The van der Waals surface area contributed by atoms with Crippen LogP contribution in [0.25, 0.3) is 0 Å². The van der Waals surface area contributed by atoms with E-state index in [1.807, 2.05) is 6.92 Å². The van der Waals surface area contributed by atoms with E-state index in [2.05, 4.69) is 15.9 Å². The summed E-state index contributed by atoms with van der Waals surface area (Å²) in [5.41, 5.74) is 0. The second-order valence-corrected chi connectivity index (χ2v) is 3.10. The van der Waals surface area contributed by atoms with E-state index in [-0.39, 0.29) is 5.97 Å². The van der Waals surface area contributed by atoms with Gasteiger partial charge < -0.3 is 4.74 Å². The minimum atomic E-state index is -0.215. The molecule has 0 saturated carbocycles. The molecular formula is C6H11BrO2. The van der Waals surface area contributed by atoms with Crippen LogP contribution in [0, 0.1) is 0 Å². The summed E-state index contributed by atoms with van der Waals surface area (Å²) in [4.78, 5) is 10.5. The third-order valence-corrected chi connectivity index (χ3v) is 1.82. The van der Waals surface area contributed by atoms with Crippen molar-refractivity contribution >= 4 is 21.9 Å². The fourth-order valence-electron chi connectivity index (χ4n) is 0.326. The van der Waals surface area contributed by atoms with Gasteiger partial charge in [-0.2, -0.15) is 0 Å². The Bertz CT molecular complexity index is 93.1. The molecule has 0 rings (SSSR count). The molecule has 0 aliphatic carbocycles. The fourth-order valence-corrected chi connectivity index (χ4v) is 0.458. The fraction of sp³-hybridized carbons (Fsp3) is 0.833. The largest absolute Gasteiger partial charge is 0.465 e. The summed E-state index contributed by atoms with van der Waals surface area (Å²) in [6.07, 6.45) is 0.979. The second-order valence-electron chi connectivity index (χ2n) is 1.81. The van der Waals surface area contributed by atoms with Crippen LogP contribution in [-0.2, 0) is 9.53 Å². The topological polar surface area (TPSA) is 26.3 Å². The first-order chi connectivity index (χ1) is 4.16. The van der Waals surface area contributed by atoms with Gasteiger partial charge in [0, 0.05) is 11.8 Å². The summed E-state index contributed by atoms with van der Waals surface area (Å²) in [6.45, 7) is 3.92. The Kier molecular flexibility index (Phi) is 4.77. The minimum absolute atomic E-state index is 0.215. The van der Waals surface area contributed by atoms with Crippen LogP contribution in [0.4, 0.5) is 0 Å². The van der Waals surface area contributed by atoms with Gasteiger partial charge in [-0.1, -0.05) is 22.9 Å². The standard InChI is InChI=1S/C6H11BrO2/c1-3-6(7)4-9-5(2)8/h6H,3-4H2,1-2H3. The average molecular weight is 195 g/mol. The Labute approximate surface area is 63.7 Å². The van der Waals surface area contributed by atoms with Crippen LogP contribution in [-0.4, -0.2) is 17.4 Å². The van der Waals surface area contributed by atoms with Gasteiger partial charge in [0.25, 0.3) is 0 Å². The molecule has 0 aromatic heterocycles.